The molecule has 0 radical (unpaired) electrons. The Labute approximate surface area is 183 Å². The van der Waals surface area contributed by atoms with Gasteiger partial charge in [0.15, 0.2) is 0 Å². The van der Waals surface area contributed by atoms with Gasteiger partial charge < -0.3 is 9.64 Å². The largest absolute Gasteiger partial charge is 0.378 e. The summed E-state index contributed by atoms with van der Waals surface area (Å²) in [6.07, 6.45) is 3.96. The molecule has 3 fully saturated rings. The minimum absolute atomic E-state index is 0.181. The van der Waals surface area contributed by atoms with Gasteiger partial charge in [-0.2, -0.15) is 0 Å². The molecule has 3 heterocycles. The molecular weight excluding hydrogens is 409 g/mol. The van der Waals surface area contributed by atoms with Gasteiger partial charge in [0.1, 0.15) is 0 Å². The van der Waals surface area contributed by atoms with Crippen LogP contribution in [0.25, 0.3) is 0 Å². The maximum atomic E-state index is 13.4. The van der Waals surface area contributed by atoms with Crippen LogP contribution in [-0.4, -0.2) is 84.7 Å². The van der Waals surface area contributed by atoms with Gasteiger partial charge in [-0.25, -0.2) is 0 Å². The summed E-state index contributed by atoms with van der Waals surface area (Å²) >= 11 is 12.2. The van der Waals surface area contributed by atoms with Crippen LogP contribution in [0.4, 0.5) is 0 Å². The lowest BCUT2D eigenvalue weighted by Gasteiger charge is -2.54. The summed E-state index contributed by atoms with van der Waals surface area (Å²) in [7, 11) is 0. The molecule has 3 atom stereocenters. The van der Waals surface area contributed by atoms with E-state index in [0.717, 1.165) is 51.3 Å². The lowest BCUT2D eigenvalue weighted by atomic mass is 9.90. The molecule has 7 heteroatoms. The van der Waals surface area contributed by atoms with Crippen molar-refractivity contribution in [3.8, 4) is 0 Å². The number of rotatable bonds is 5. The molecule has 3 aliphatic rings. The highest BCUT2D eigenvalue weighted by Crippen LogP contribution is 2.30. The fourth-order valence-corrected chi connectivity index (χ4v) is 5.55. The van der Waals surface area contributed by atoms with Gasteiger partial charge in [-0.15, -0.1) is 0 Å². The van der Waals surface area contributed by atoms with E-state index in [1.807, 2.05) is 12.1 Å². The van der Waals surface area contributed by atoms with Gasteiger partial charge in [-0.3, -0.25) is 14.6 Å². The second kappa shape index (κ2) is 9.52. The minimum Gasteiger partial charge on any atom is -0.378 e. The van der Waals surface area contributed by atoms with Crippen molar-refractivity contribution in [2.45, 2.75) is 50.7 Å². The molecule has 0 spiro atoms. The highest BCUT2D eigenvalue weighted by atomic mass is 35.5. The number of piperazine rings is 1. The highest BCUT2D eigenvalue weighted by molar-refractivity contribution is 6.42. The molecule has 0 bridgehead atoms. The van der Waals surface area contributed by atoms with Crippen molar-refractivity contribution in [1.82, 2.24) is 14.7 Å². The maximum Gasteiger partial charge on any atom is 0.227 e. The smallest absolute Gasteiger partial charge is 0.227 e. The standard InChI is InChI=1S/C22H31Cl2N3O2/c1-2-7-25-10-11-27(21(28)13-16-5-6-17(23)18(24)12-16)22-19(25)14-29-15-20(22)26-8-3-4-9-26/h5-6,12,19-20,22H,2-4,7-11,13-15H2,1H3/t19-,20+,22+/m1/s1. The predicted molar refractivity (Wildman–Crippen MR) is 117 cm³/mol. The quantitative estimate of drug-likeness (QED) is 0.704. The van der Waals surface area contributed by atoms with Gasteiger partial charge in [0.2, 0.25) is 5.91 Å². The molecule has 4 rings (SSSR count). The first-order chi connectivity index (χ1) is 14.1. The van der Waals surface area contributed by atoms with Crippen LogP contribution in [0.1, 0.15) is 31.7 Å². The average molecular weight is 440 g/mol. The number of hydrogen-bond acceptors (Lipinski definition) is 4. The van der Waals surface area contributed by atoms with Gasteiger partial charge >= 0.3 is 0 Å². The minimum atomic E-state index is 0.181. The molecule has 3 saturated heterocycles. The summed E-state index contributed by atoms with van der Waals surface area (Å²) < 4.78 is 6.06. The number of carbonyl (C=O) groups is 1. The Morgan fingerprint density at radius 1 is 1.07 bits per heavy atom. The van der Waals surface area contributed by atoms with Crippen LogP contribution < -0.4 is 0 Å². The Hall–Kier alpha value is -0.850. The molecule has 1 aromatic rings. The Morgan fingerprint density at radius 2 is 1.83 bits per heavy atom. The zero-order valence-corrected chi connectivity index (χ0v) is 18.7. The first kappa shape index (κ1) is 21.4. The van der Waals surface area contributed by atoms with Crippen molar-refractivity contribution in [2.75, 3.05) is 45.9 Å². The van der Waals surface area contributed by atoms with Crippen molar-refractivity contribution in [2.24, 2.45) is 0 Å². The van der Waals surface area contributed by atoms with E-state index in [2.05, 4.69) is 21.6 Å². The van der Waals surface area contributed by atoms with Crippen LogP contribution in [0.2, 0.25) is 10.0 Å². The number of fused-ring (bicyclic) bond motifs is 1. The molecule has 160 valence electrons. The first-order valence-electron chi connectivity index (χ1n) is 10.9. The Balaban J connectivity index is 1.56. The van der Waals surface area contributed by atoms with E-state index in [9.17, 15) is 4.79 Å². The van der Waals surface area contributed by atoms with Gasteiger partial charge in [-0.05, 0) is 56.6 Å². The second-order valence-electron chi connectivity index (χ2n) is 8.45. The van der Waals surface area contributed by atoms with Gasteiger partial charge in [0.05, 0.1) is 47.8 Å². The first-order valence-corrected chi connectivity index (χ1v) is 11.6. The number of carbonyl (C=O) groups excluding carboxylic acids is 1. The topological polar surface area (TPSA) is 36.0 Å². The van der Waals surface area contributed by atoms with Gasteiger partial charge in [0.25, 0.3) is 0 Å². The molecule has 5 nitrogen and oxygen atoms in total. The van der Waals surface area contributed by atoms with E-state index in [4.69, 9.17) is 27.9 Å². The van der Waals surface area contributed by atoms with Crippen LogP contribution in [-0.2, 0) is 16.0 Å². The highest BCUT2D eigenvalue weighted by Gasteiger charge is 2.47. The van der Waals surface area contributed by atoms with E-state index in [1.54, 1.807) is 6.07 Å². The number of hydrogen-bond donors (Lipinski definition) is 0. The van der Waals surface area contributed by atoms with Crippen molar-refractivity contribution >= 4 is 29.1 Å². The molecule has 0 saturated carbocycles. The van der Waals surface area contributed by atoms with E-state index >= 15 is 0 Å². The third kappa shape index (κ3) is 4.59. The van der Waals surface area contributed by atoms with Gasteiger partial charge in [0, 0.05) is 13.1 Å². The summed E-state index contributed by atoms with van der Waals surface area (Å²) in [6, 6.07) is 6.25. The number of likely N-dealkylation sites (tertiary alicyclic amines) is 1. The summed E-state index contributed by atoms with van der Waals surface area (Å²) in [5.41, 5.74) is 0.918. The third-order valence-corrected chi connectivity index (χ3v) is 7.34. The second-order valence-corrected chi connectivity index (χ2v) is 9.27. The van der Waals surface area contributed by atoms with Crippen LogP contribution in [0.15, 0.2) is 18.2 Å². The zero-order valence-electron chi connectivity index (χ0n) is 17.2. The summed E-state index contributed by atoms with van der Waals surface area (Å²) in [5.74, 6) is 0.181. The van der Waals surface area contributed by atoms with E-state index < -0.39 is 0 Å². The van der Waals surface area contributed by atoms with Crippen molar-refractivity contribution < 1.29 is 9.53 Å². The summed E-state index contributed by atoms with van der Waals surface area (Å²) in [5, 5.41) is 1.03. The average Bonchev–Trinajstić information content (AvgIpc) is 3.25. The molecular formula is C22H31Cl2N3O2. The molecule has 0 aromatic heterocycles. The van der Waals surface area contributed by atoms with Gasteiger partial charge in [-0.1, -0.05) is 36.2 Å². The number of amides is 1. The number of halogens is 2. The number of nitrogens with zero attached hydrogens (tertiary/aromatic N) is 3. The SMILES string of the molecule is CCCN1CCN(C(=O)Cc2ccc(Cl)c(Cl)c2)[C@H]2[C@H]1COC[C@@H]2N1CCCC1. The van der Waals surface area contributed by atoms with Crippen molar-refractivity contribution in [3.63, 3.8) is 0 Å². The van der Waals surface area contributed by atoms with Crippen LogP contribution in [0, 0.1) is 0 Å². The third-order valence-electron chi connectivity index (χ3n) is 6.60. The Bertz CT molecular complexity index is 726. The summed E-state index contributed by atoms with van der Waals surface area (Å²) in [4.78, 5) is 20.6. The fourth-order valence-electron chi connectivity index (χ4n) is 5.23. The molecule has 0 aliphatic carbocycles. The van der Waals surface area contributed by atoms with E-state index in [-0.39, 0.29) is 24.0 Å². The Morgan fingerprint density at radius 3 is 2.55 bits per heavy atom. The van der Waals surface area contributed by atoms with Crippen LogP contribution in [0.3, 0.4) is 0 Å². The van der Waals surface area contributed by atoms with Crippen molar-refractivity contribution in [1.29, 1.82) is 0 Å². The van der Waals surface area contributed by atoms with Crippen molar-refractivity contribution in [3.05, 3.63) is 33.8 Å². The molecule has 3 aliphatic heterocycles. The lowest BCUT2D eigenvalue weighted by Crippen LogP contribution is -2.71. The van der Waals surface area contributed by atoms with E-state index in [1.165, 1.54) is 12.8 Å². The van der Waals surface area contributed by atoms with E-state index in [0.29, 0.717) is 23.1 Å². The molecule has 0 N–H and O–H groups in total. The van der Waals surface area contributed by atoms with Crippen LogP contribution in [0.5, 0.6) is 0 Å². The molecule has 1 amide bonds. The fraction of sp³-hybridized carbons (Fsp3) is 0.682. The normalized spacial score (nSPS) is 28.5. The maximum absolute atomic E-state index is 13.4. The number of ether oxygens (including phenoxy) is 1. The zero-order chi connectivity index (χ0) is 20.4. The predicted octanol–water partition coefficient (Wildman–Crippen LogP) is 3.32. The molecule has 1 aromatic carbocycles. The lowest BCUT2D eigenvalue weighted by molar-refractivity contribution is -0.152. The monoisotopic (exact) mass is 439 g/mol. The Kier molecular flexibility index (Phi) is 7.02. The molecule has 0 unspecified atom stereocenters. The summed E-state index contributed by atoms with van der Waals surface area (Å²) in [6.45, 7) is 8.64. The molecule has 29 heavy (non-hydrogen) atoms. The number of benzene rings is 1. The van der Waals surface area contributed by atoms with Crippen LogP contribution >= 0.6 is 23.2 Å².